The number of anilines is 2. The number of aromatic nitrogens is 1. The SMILES string of the molecule is COc1cccc(CCNC(=O)c2cc(Nc3ccc(C)c(C)c3)ccn2)c1. The highest BCUT2D eigenvalue weighted by Crippen LogP contribution is 2.20. The summed E-state index contributed by atoms with van der Waals surface area (Å²) in [6.07, 6.45) is 2.36. The molecule has 0 fully saturated rings. The smallest absolute Gasteiger partial charge is 0.269 e. The normalized spacial score (nSPS) is 10.4. The van der Waals surface area contributed by atoms with Gasteiger partial charge in [-0.2, -0.15) is 0 Å². The van der Waals surface area contributed by atoms with Crippen LogP contribution in [0.1, 0.15) is 27.2 Å². The summed E-state index contributed by atoms with van der Waals surface area (Å²) in [5.74, 6) is 0.627. The molecule has 2 N–H and O–H groups in total. The molecule has 0 atom stereocenters. The van der Waals surface area contributed by atoms with Crippen molar-refractivity contribution >= 4 is 17.3 Å². The molecule has 5 heteroatoms. The molecule has 0 saturated carbocycles. The van der Waals surface area contributed by atoms with E-state index in [1.807, 2.05) is 36.4 Å². The summed E-state index contributed by atoms with van der Waals surface area (Å²) in [5, 5.41) is 6.25. The summed E-state index contributed by atoms with van der Waals surface area (Å²) in [6, 6.07) is 17.6. The summed E-state index contributed by atoms with van der Waals surface area (Å²) in [5.41, 5.74) is 5.78. The molecule has 5 nitrogen and oxygen atoms in total. The third-order valence-electron chi connectivity index (χ3n) is 4.62. The maximum absolute atomic E-state index is 12.4. The van der Waals surface area contributed by atoms with Gasteiger partial charge in [0, 0.05) is 24.1 Å². The molecule has 0 bridgehead atoms. The average molecular weight is 375 g/mol. The van der Waals surface area contributed by atoms with Crippen molar-refractivity contribution in [1.29, 1.82) is 0 Å². The molecule has 0 unspecified atom stereocenters. The maximum atomic E-state index is 12.4. The van der Waals surface area contributed by atoms with E-state index in [4.69, 9.17) is 4.74 Å². The van der Waals surface area contributed by atoms with Gasteiger partial charge in [0.1, 0.15) is 11.4 Å². The van der Waals surface area contributed by atoms with Crippen LogP contribution in [0.2, 0.25) is 0 Å². The number of amides is 1. The van der Waals surface area contributed by atoms with Crippen LogP contribution in [-0.2, 0) is 6.42 Å². The number of hydrogen-bond donors (Lipinski definition) is 2. The standard InChI is InChI=1S/C23H25N3O2/c1-16-7-8-19(13-17(16)2)26-20-10-12-24-22(15-20)23(27)25-11-9-18-5-4-6-21(14-18)28-3/h4-8,10,12-15H,9,11H2,1-3H3,(H,24,26)(H,25,27). The van der Waals surface area contributed by atoms with E-state index in [2.05, 4.69) is 41.6 Å². The molecule has 0 spiro atoms. The minimum absolute atomic E-state index is 0.188. The van der Waals surface area contributed by atoms with Gasteiger partial charge in [-0.15, -0.1) is 0 Å². The summed E-state index contributed by atoms with van der Waals surface area (Å²) < 4.78 is 5.22. The Kier molecular flexibility index (Phi) is 6.27. The van der Waals surface area contributed by atoms with Crippen LogP contribution in [0.25, 0.3) is 0 Å². The second-order valence-electron chi connectivity index (χ2n) is 6.71. The van der Waals surface area contributed by atoms with Gasteiger partial charge in [-0.05, 0) is 73.4 Å². The number of pyridine rings is 1. The number of nitrogens with one attached hydrogen (secondary N) is 2. The van der Waals surface area contributed by atoms with Gasteiger partial charge >= 0.3 is 0 Å². The molecule has 0 aliphatic heterocycles. The van der Waals surface area contributed by atoms with Crippen LogP contribution < -0.4 is 15.4 Å². The monoisotopic (exact) mass is 375 g/mol. The third kappa shape index (κ3) is 5.10. The van der Waals surface area contributed by atoms with Crippen LogP contribution >= 0.6 is 0 Å². The molecule has 0 saturated heterocycles. The molecule has 1 aromatic heterocycles. The molecule has 144 valence electrons. The first-order valence-electron chi connectivity index (χ1n) is 9.26. The predicted molar refractivity (Wildman–Crippen MR) is 112 cm³/mol. The van der Waals surface area contributed by atoms with E-state index < -0.39 is 0 Å². The van der Waals surface area contributed by atoms with E-state index >= 15 is 0 Å². The van der Waals surface area contributed by atoms with Gasteiger partial charge in [-0.1, -0.05) is 18.2 Å². The van der Waals surface area contributed by atoms with Crippen molar-refractivity contribution in [3.8, 4) is 5.75 Å². The van der Waals surface area contributed by atoms with E-state index in [0.717, 1.165) is 29.1 Å². The van der Waals surface area contributed by atoms with Gasteiger partial charge in [0.2, 0.25) is 0 Å². The van der Waals surface area contributed by atoms with E-state index in [0.29, 0.717) is 12.2 Å². The fourth-order valence-electron chi connectivity index (χ4n) is 2.86. The fraction of sp³-hybridized carbons (Fsp3) is 0.217. The summed E-state index contributed by atoms with van der Waals surface area (Å²) >= 11 is 0. The Morgan fingerprint density at radius 3 is 2.61 bits per heavy atom. The zero-order valence-electron chi connectivity index (χ0n) is 16.5. The van der Waals surface area contributed by atoms with E-state index in [-0.39, 0.29) is 5.91 Å². The zero-order valence-corrected chi connectivity index (χ0v) is 16.5. The van der Waals surface area contributed by atoms with Gasteiger partial charge in [-0.3, -0.25) is 9.78 Å². The quantitative estimate of drug-likeness (QED) is 0.641. The van der Waals surface area contributed by atoms with Crippen molar-refractivity contribution in [3.05, 3.63) is 83.2 Å². The van der Waals surface area contributed by atoms with Crippen LogP contribution in [0, 0.1) is 13.8 Å². The highest BCUT2D eigenvalue weighted by atomic mass is 16.5. The van der Waals surface area contributed by atoms with Gasteiger partial charge in [0.15, 0.2) is 0 Å². The number of rotatable bonds is 7. The molecule has 1 heterocycles. The Morgan fingerprint density at radius 2 is 1.82 bits per heavy atom. The summed E-state index contributed by atoms with van der Waals surface area (Å²) in [6.45, 7) is 4.69. The lowest BCUT2D eigenvalue weighted by atomic mass is 10.1. The Balaban J connectivity index is 1.59. The van der Waals surface area contributed by atoms with Crippen LogP contribution in [0.3, 0.4) is 0 Å². The number of hydrogen-bond acceptors (Lipinski definition) is 4. The highest BCUT2D eigenvalue weighted by molar-refractivity contribution is 5.93. The first-order chi connectivity index (χ1) is 13.5. The summed E-state index contributed by atoms with van der Waals surface area (Å²) in [7, 11) is 1.64. The minimum Gasteiger partial charge on any atom is -0.497 e. The zero-order chi connectivity index (χ0) is 19.9. The topological polar surface area (TPSA) is 63.2 Å². The number of carbonyl (C=O) groups is 1. The molecular formula is C23H25N3O2. The van der Waals surface area contributed by atoms with E-state index in [1.165, 1.54) is 11.1 Å². The molecule has 0 aliphatic carbocycles. The molecule has 0 radical (unpaired) electrons. The number of methoxy groups -OCH3 is 1. The third-order valence-corrected chi connectivity index (χ3v) is 4.62. The number of nitrogens with zero attached hydrogens (tertiary/aromatic N) is 1. The number of ether oxygens (including phenoxy) is 1. The van der Waals surface area contributed by atoms with Gasteiger partial charge in [0.05, 0.1) is 7.11 Å². The van der Waals surface area contributed by atoms with Gasteiger partial charge < -0.3 is 15.4 Å². The van der Waals surface area contributed by atoms with Crippen LogP contribution in [0.5, 0.6) is 5.75 Å². The van der Waals surface area contributed by atoms with Gasteiger partial charge in [0.25, 0.3) is 5.91 Å². The lowest BCUT2D eigenvalue weighted by Crippen LogP contribution is -2.26. The Bertz CT molecular complexity index is 970. The minimum atomic E-state index is -0.188. The molecular weight excluding hydrogens is 350 g/mol. The van der Waals surface area contributed by atoms with Crippen LogP contribution in [0.4, 0.5) is 11.4 Å². The first kappa shape index (κ1) is 19.4. The maximum Gasteiger partial charge on any atom is 0.269 e. The number of carbonyl (C=O) groups excluding carboxylic acids is 1. The van der Waals surface area contributed by atoms with Crippen molar-refractivity contribution < 1.29 is 9.53 Å². The lowest BCUT2D eigenvalue weighted by Gasteiger charge is -2.10. The van der Waals surface area contributed by atoms with Gasteiger partial charge in [-0.25, -0.2) is 0 Å². The van der Waals surface area contributed by atoms with Crippen molar-refractivity contribution in [3.63, 3.8) is 0 Å². The largest absolute Gasteiger partial charge is 0.497 e. The van der Waals surface area contributed by atoms with Crippen molar-refractivity contribution in [2.75, 3.05) is 19.0 Å². The second-order valence-corrected chi connectivity index (χ2v) is 6.71. The summed E-state index contributed by atoms with van der Waals surface area (Å²) in [4.78, 5) is 16.6. The Hall–Kier alpha value is -3.34. The Morgan fingerprint density at radius 1 is 1.00 bits per heavy atom. The Labute approximate surface area is 165 Å². The van der Waals surface area contributed by atoms with Crippen LogP contribution in [-0.4, -0.2) is 24.5 Å². The fourth-order valence-corrected chi connectivity index (χ4v) is 2.86. The van der Waals surface area contributed by atoms with Crippen molar-refractivity contribution in [2.24, 2.45) is 0 Å². The van der Waals surface area contributed by atoms with Crippen molar-refractivity contribution in [2.45, 2.75) is 20.3 Å². The average Bonchev–Trinajstić information content (AvgIpc) is 2.71. The molecule has 28 heavy (non-hydrogen) atoms. The van der Waals surface area contributed by atoms with Crippen LogP contribution in [0.15, 0.2) is 60.8 Å². The molecule has 2 aromatic carbocycles. The lowest BCUT2D eigenvalue weighted by molar-refractivity contribution is 0.0949. The predicted octanol–water partition coefficient (Wildman–Crippen LogP) is 4.42. The van der Waals surface area contributed by atoms with E-state index in [9.17, 15) is 4.79 Å². The van der Waals surface area contributed by atoms with E-state index in [1.54, 1.807) is 19.4 Å². The number of aryl methyl sites for hydroxylation is 2. The molecule has 1 amide bonds. The highest BCUT2D eigenvalue weighted by Gasteiger charge is 2.08. The first-order valence-corrected chi connectivity index (χ1v) is 9.26. The molecule has 3 rings (SSSR count). The molecule has 0 aliphatic rings. The van der Waals surface area contributed by atoms with Crippen molar-refractivity contribution in [1.82, 2.24) is 10.3 Å². The number of benzene rings is 2. The molecule has 3 aromatic rings. The second kappa shape index (κ2) is 9.04.